The zero-order valence-corrected chi connectivity index (χ0v) is 8.63. The summed E-state index contributed by atoms with van der Waals surface area (Å²) >= 11 is 5.45. The van der Waals surface area contributed by atoms with Crippen molar-refractivity contribution < 1.29 is 13.9 Å². The lowest BCUT2D eigenvalue weighted by Gasteiger charge is -2.05. The topological polar surface area (TPSA) is 39.2 Å². The quantitative estimate of drug-likeness (QED) is 0.575. The first kappa shape index (κ1) is 10.4. The Bertz CT molecular complexity index is 397. The van der Waals surface area contributed by atoms with Crippen LogP contribution in [0.2, 0.25) is 5.15 Å². The summed E-state index contributed by atoms with van der Waals surface area (Å²) in [5, 5.41) is -0.146. The van der Waals surface area contributed by atoms with Crippen LogP contribution in [0.25, 0.3) is 0 Å². The van der Waals surface area contributed by atoms with E-state index in [0.717, 1.165) is 0 Å². The van der Waals surface area contributed by atoms with E-state index in [9.17, 15) is 9.18 Å². The molecule has 0 aliphatic carbocycles. The van der Waals surface area contributed by atoms with Gasteiger partial charge in [0.25, 0.3) is 0 Å². The third-order valence-electron chi connectivity index (χ3n) is 2.38. The first-order valence-electron chi connectivity index (χ1n) is 4.63. The SMILES string of the molecule is O=C1OCCC1Cc1cnc(Cl)c(F)c1. The van der Waals surface area contributed by atoms with Crippen molar-refractivity contribution in [1.29, 1.82) is 0 Å². The van der Waals surface area contributed by atoms with Crippen LogP contribution in [-0.2, 0) is 16.0 Å². The Morgan fingerprint density at radius 3 is 3.07 bits per heavy atom. The summed E-state index contributed by atoms with van der Waals surface area (Å²) in [4.78, 5) is 14.9. The number of carbonyl (C=O) groups excluding carboxylic acids is 1. The van der Waals surface area contributed by atoms with Gasteiger partial charge in [-0.2, -0.15) is 0 Å². The minimum absolute atomic E-state index is 0.146. The van der Waals surface area contributed by atoms with Crippen LogP contribution in [0.5, 0.6) is 0 Å². The van der Waals surface area contributed by atoms with Gasteiger partial charge in [-0.3, -0.25) is 4.79 Å². The molecule has 80 valence electrons. The maximum absolute atomic E-state index is 13.0. The molecule has 0 saturated carbocycles. The highest BCUT2D eigenvalue weighted by molar-refractivity contribution is 6.29. The van der Waals surface area contributed by atoms with E-state index in [0.29, 0.717) is 25.0 Å². The number of carbonyl (C=O) groups is 1. The van der Waals surface area contributed by atoms with Crippen LogP contribution in [0.15, 0.2) is 12.3 Å². The molecular weight excluding hydrogens is 221 g/mol. The van der Waals surface area contributed by atoms with Gasteiger partial charge >= 0.3 is 5.97 Å². The zero-order chi connectivity index (χ0) is 10.8. The Morgan fingerprint density at radius 1 is 1.67 bits per heavy atom. The average molecular weight is 230 g/mol. The molecule has 1 aromatic rings. The second kappa shape index (κ2) is 4.14. The molecule has 0 amide bonds. The summed E-state index contributed by atoms with van der Waals surface area (Å²) in [5.41, 5.74) is 0.667. The smallest absolute Gasteiger partial charge is 0.309 e. The van der Waals surface area contributed by atoms with Crippen LogP contribution in [0, 0.1) is 11.7 Å². The normalized spacial score (nSPS) is 20.4. The summed E-state index contributed by atoms with van der Waals surface area (Å²) in [5.74, 6) is -0.946. The van der Waals surface area contributed by atoms with E-state index in [1.807, 2.05) is 0 Å². The maximum Gasteiger partial charge on any atom is 0.309 e. The largest absolute Gasteiger partial charge is 0.465 e. The number of rotatable bonds is 2. The molecule has 0 bridgehead atoms. The minimum Gasteiger partial charge on any atom is -0.465 e. The van der Waals surface area contributed by atoms with Gasteiger partial charge in [0.2, 0.25) is 0 Å². The van der Waals surface area contributed by atoms with Gasteiger partial charge in [-0.05, 0) is 24.5 Å². The first-order valence-corrected chi connectivity index (χ1v) is 5.01. The van der Waals surface area contributed by atoms with E-state index in [-0.39, 0.29) is 17.0 Å². The number of hydrogen-bond acceptors (Lipinski definition) is 3. The van der Waals surface area contributed by atoms with Crippen molar-refractivity contribution in [3.05, 3.63) is 28.8 Å². The Morgan fingerprint density at radius 2 is 2.47 bits per heavy atom. The minimum atomic E-state index is -0.555. The van der Waals surface area contributed by atoms with E-state index in [2.05, 4.69) is 4.98 Å². The number of aromatic nitrogens is 1. The van der Waals surface area contributed by atoms with Crippen molar-refractivity contribution >= 4 is 17.6 Å². The van der Waals surface area contributed by atoms with Gasteiger partial charge in [0.05, 0.1) is 12.5 Å². The third-order valence-corrected chi connectivity index (χ3v) is 2.66. The van der Waals surface area contributed by atoms with E-state index in [1.54, 1.807) is 0 Å². The predicted molar refractivity (Wildman–Crippen MR) is 52.0 cm³/mol. The second-order valence-electron chi connectivity index (χ2n) is 3.47. The van der Waals surface area contributed by atoms with Crippen molar-refractivity contribution in [2.75, 3.05) is 6.61 Å². The molecule has 3 nitrogen and oxygen atoms in total. The predicted octanol–water partition coefficient (Wildman–Crippen LogP) is 1.98. The average Bonchev–Trinajstić information content (AvgIpc) is 2.59. The van der Waals surface area contributed by atoms with E-state index in [4.69, 9.17) is 16.3 Å². The van der Waals surface area contributed by atoms with Crippen LogP contribution in [0.1, 0.15) is 12.0 Å². The van der Waals surface area contributed by atoms with Crippen molar-refractivity contribution in [3.63, 3.8) is 0 Å². The van der Waals surface area contributed by atoms with Gasteiger partial charge in [0, 0.05) is 6.20 Å². The van der Waals surface area contributed by atoms with Gasteiger partial charge in [0.1, 0.15) is 0 Å². The van der Waals surface area contributed by atoms with Crippen molar-refractivity contribution in [3.8, 4) is 0 Å². The number of cyclic esters (lactones) is 1. The van der Waals surface area contributed by atoms with Crippen molar-refractivity contribution in [2.45, 2.75) is 12.8 Å². The molecule has 1 aliphatic heterocycles. The summed E-state index contributed by atoms with van der Waals surface area (Å²) in [6, 6.07) is 1.31. The van der Waals surface area contributed by atoms with Crippen LogP contribution < -0.4 is 0 Å². The molecule has 1 aromatic heterocycles. The molecule has 5 heteroatoms. The van der Waals surface area contributed by atoms with E-state index in [1.165, 1.54) is 12.3 Å². The van der Waals surface area contributed by atoms with Crippen LogP contribution >= 0.6 is 11.6 Å². The van der Waals surface area contributed by atoms with Gasteiger partial charge in [-0.25, -0.2) is 9.37 Å². The highest BCUT2D eigenvalue weighted by Gasteiger charge is 2.26. The monoisotopic (exact) mass is 229 g/mol. The maximum atomic E-state index is 13.0. The molecule has 15 heavy (non-hydrogen) atoms. The zero-order valence-electron chi connectivity index (χ0n) is 7.87. The molecule has 0 spiro atoms. The van der Waals surface area contributed by atoms with E-state index >= 15 is 0 Å². The van der Waals surface area contributed by atoms with Crippen LogP contribution in [0.4, 0.5) is 4.39 Å². The third kappa shape index (κ3) is 2.26. The molecule has 1 unspecified atom stereocenters. The van der Waals surface area contributed by atoms with Gasteiger partial charge in [-0.15, -0.1) is 0 Å². The number of hydrogen-bond donors (Lipinski definition) is 0. The molecule has 1 aliphatic rings. The number of esters is 1. The number of ether oxygens (including phenoxy) is 1. The van der Waals surface area contributed by atoms with Gasteiger partial charge < -0.3 is 4.74 Å². The molecule has 0 radical (unpaired) electrons. The Kier molecular flexibility index (Phi) is 2.86. The van der Waals surface area contributed by atoms with Crippen molar-refractivity contribution in [2.24, 2.45) is 5.92 Å². The lowest BCUT2D eigenvalue weighted by Crippen LogP contribution is -2.11. The number of pyridine rings is 1. The van der Waals surface area contributed by atoms with E-state index < -0.39 is 5.82 Å². The molecule has 0 N–H and O–H groups in total. The number of halogens is 2. The molecule has 1 atom stereocenters. The van der Waals surface area contributed by atoms with Gasteiger partial charge in [-0.1, -0.05) is 11.6 Å². The number of nitrogens with zero attached hydrogens (tertiary/aromatic N) is 1. The Balaban J connectivity index is 2.10. The summed E-state index contributed by atoms with van der Waals surface area (Å²) in [7, 11) is 0. The van der Waals surface area contributed by atoms with Crippen LogP contribution in [0.3, 0.4) is 0 Å². The Hall–Kier alpha value is -1.16. The van der Waals surface area contributed by atoms with Crippen molar-refractivity contribution in [1.82, 2.24) is 4.98 Å². The highest BCUT2D eigenvalue weighted by atomic mass is 35.5. The molecular formula is C10H9ClFNO2. The lowest BCUT2D eigenvalue weighted by atomic mass is 9.99. The fourth-order valence-corrected chi connectivity index (χ4v) is 1.68. The highest BCUT2D eigenvalue weighted by Crippen LogP contribution is 2.21. The fourth-order valence-electron chi connectivity index (χ4n) is 1.58. The lowest BCUT2D eigenvalue weighted by molar-refractivity contribution is -0.141. The fraction of sp³-hybridized carbons (Fsp3) is 0.400. The summed E-state index contributed by atoms with van der Waals surface area (Å²) in [6.45, 7) is 0.451. The Labute approximate surface area is 91.2 Å². The summed E-state index contributed by atoms with van der Waals surface area (Å²) < 4.78 is 17.9. The first-order chi connectivity index (χ1) is 7.16. The molecule has 2 rings (SSSR count). The molecule has 0 aromatic carbocycles. The molecule has 1 saturated heterocycles. The molecule has 2 heterocycles. The van der Waals surface area contributed by atoms with Gasteiger partial charge in [0.15, 0.2) is 11.0 Å². The van der Waals surface area contributed by atoms with Crippen LogP contribution in [-0.4, -0.2) is 17.6 Å². The summed E-state index contributed by atoms with van der Waals surface area (Å²) in [6.07, 6.45) is 2.63. The standard InChI is InChI=1S/C10H9ClFNO2/c11-9-8(12)4-6(5-13-9)3-7-1-2-15-10(7)14/h4-5,7H,1-3H2. The molecule has 1 fully saturated rings. The second-order valence-corrected chi connectivity index (χ2v) is 3.83.